The van der Waals surface area contributed by atoms with E-state index in [0.29, 0.717) is 6.54 Å². The fraction of sp³-hybridized carbons (Fsp3) is 0.407. The molecule has 0 aromatic heterocycles. The number of amides is 1. The number of rotatable bonds is 7. The summed E-state index contributed by atoms with van der Waals surface area (Å²) in [5.41, 5.74) is 6.09. The van der Waals surface area contributed by atoms with Gasteiger partial charge in [0.05, 0.1) is 13.5 Å². The molecule has 0 saturated heterocycles. The van der Waals surface area contributed by atoms with Gasteiger partial charge in [0.2, 0.25) is 0 Å². The second kappa shape index (κ2) is 9.87. The van der Waals surface area contributed by atoms with E-state index in [1.54, 1.807) is 12.1 Å². The quantitative estimate of drug-likeness (QED) is 0.611. The molecule has 6 heteroatoms. The molecular weight excluding hydrogens is 419 g/mol. The molecule has 2 aromatic rings. The molecule has 0 unspecified atom stereocenters. The van der Waals surface area contributed by atoms with Crippen LogP contribution in [0.2, 0.25) is 0 Å². The highest BCUT2D eigenvalue weighted by Gasteiger charge is 2.41. The Morgan fingerprint density at radius 2 is 1.88 bits per heavy atom. The third-order valence-electron chi connectivity index (χ3n) is 6.71. The van der Waals surface area contributed by atoms with Gasteiger partial charge < -0.3 is 9.64 Å². The standard InChI is InChI=1S/C27H31FN2O3/c1-17-8-9-18(2)23(14-17)24(15-25(31)33-3)29-26-21-6-4-5-7-22(21)27(32)30(26)16-19-10-12-20(28)13-11-19/h8-14,24,26,29H,4-7,15-16H2,1-3H3/t24-,26-/m1/s1. The summed E-state index contributed by atoms with van der Waals surface area (Å²) in [5, 5.41) is 3.65. The van der Waals surface area contributed by atoms with E-state index >= 15 is 0 Å². The Hall–Kier alpha value is -2.99. The first-order chi connectivity index (χ1) is 15.9. The van der Waals surface area contributed by atoms with Crippen molar-refractivity contribution in [2.75, 3.05) is 7.11 Å². The predicted molar refractivity (Wildman–Crippen MR) is 125 cm³/mol. The summed E-state index contributed by atoms with van der Waals surface area (Å²) in [5.74, 6) is -0.573. The van der Waals surface area contributed by atoms with Gasteiger partial charge in [0.25, 0.3) is 5.91 Å². The lowest BCUT2D eigenvalue weighted by atomic mass is 9.91. The molecule has 4 rings (SSSR count). The van der Waals surface area contributed by atoms with E-state index in [1.807, 2.05) is 18.7 Å². The Balaban J connectivity index is 1.69. The Labute approximate surface area is 194 Å². The smallest absolute Gasteiger partial charge is 0.307 e. The van der Waals surface area contributed by atoms with E-state index in [1.165, 1.54) is 19.2 Å². The van der Waals surface area contributed by atoms with Crippen LogP contribution in [0.3, 0.4) is 0 Å². The zero-order valence-corrected chi connectivity index (χ0v) is 19.5. The number of esters is 1. The maximum Gasteiger partial charge on any atom is 0.307 e. The van der Waals surface area contributed by atoms with Crippen LogP contribution in [0.4, 0.5) is 4.39 Å². The molecule has 0 saturated carbocycles. The predicted octanol–water partition coefficient (Wildman–Crippen LogP) is 4.88. The van der Waals surface area contributed by atoms with E-state index in [4.69, 9.17) is 4.74 Å². The Bertz CT molecular complexity index is 1080. The molecule has 1 N–H and O–H groups in total. The average Bonchev–Trinajstić information content (AvgIpc) is 3.07. The lowest BCUT2D eigenvalue weighted by Crippen LogP contribution is -2.47. The van der Waals surface area contributed by atoms with Crippen LogP contribution in [0.15, 0.2) is 53.6 Å². The van der Waals surface area contributed by atoms with Crippen LogP contribution in [-0.2, 0) is 20.9 Å². The van der Waals surface area contributed by atoms with Gasteiger partial charge in [0, 0.05) is 18.2 Å². The number of nitrogens with zero attached hydrogens (tertiary/aromatic N) is 1. The number of nitrogens with one attached hydrogen (secondary N) is 1. The van der Waals surface area contributed by atoms with E-state index in [2.05, 4.69) is 23.5 Å². The van der Waals surface area contributed by atoms with Gasteiger partial charge in [-0.25, -0.2) is 4.39 Å². The van der Waals surface area contributed by atoms with Gasteiger partial charge in [0.1, 0.15) is 12.0 Å². The van der Waals surface area contributed by atoms with E-state index in [9.17, 15) is 14.0 Å². The van der Waals surface area contributed by atoms with Crippen LogP contribution in [0.25, 0.3) is 0 Å². The monoisotopic (exact) mass is 450 g/mol. The summed E-state index contributed by atoms with van der Waals surface area (Å²) in [6.45, 7) is 4.43. The number of halogens is 1. The molecule has 1 heterocycles. The van der Waals surface area contributed by atoms with Crippen molar-refractivity contribution in [2.45, 2.75) is 64.7 Å². The molecule has 2 aromatic carbocycles. The molecule has 2 aliphatic rings. The average molecular weight is 451 g/mol. The molecule has 174 valence electrons. The van der Waals surface area contributed by atoms with Crippen molar-refractivity contribution in [3.05, 3.63) is 81.7 Å². The highest BCUT2D eigenvalue weighted by Crippen LogP contribution is 2.38. The third kappa shape index (κ3) is 5.01. The van der Waals surface area contributed by atoms with Crippen molar-refractivity contribution in [3.8, 4) is 0 Å². The molecule has 0 bridgehead atoms. The lowest BCUT2D eigenvalue weighted by molar-refractivity contribution is -0.141. The number of benzene rings is 2. The van der Waals surface area contributed by atoms with Crippen LogP contribution < -0.4 is 5.32 Å². The summed E-state index contributed by atoms with van der Waals surface area (Å²) < 4.78 is 18.4. The Morgan fingerprint density at radius 1 is 1.15 bits per heavy atom. The van der Waals surface area contributed by atoms with Gasteiger partial charge >= 0.3 is 5.97 Å². The van der Waals surface area contributed by atoms with Gasteiger partial charge in [-0.3, -0.25) is 14.9 Å². The van der Waals surface area contributed by atoms with Gasteiger partial charge in [-0.2, -0.15) is 0 Å². The summed E-state index contributed by atoms with van der Waals surface area (Å²) in [7, 11) is 1.39. The molecule has 0 radical (unpaired) electrons. The summed E-state index contributed by atoms with van der Waals surface area (Å²) >= 11 is 0. The summed E-state index contributed by atoms with van der Waals surface area (Å²) in [4.78, 5) is 27.6. The molecule has 0 spiro atoms. The van der Waals surface area contributed by atoms with Crippen molar-refractivity contribution in [3.63, 3.8) is 0 Å². The Morgan fingerprint density at radius 3 is 2.61 bits per heavy atom. The fourth-order valence-corrected chi connectivity index (χ4v) is 4.93. The SMILES string of the molecule is COC(=O)C[C@@H](N[C@H]1C2=C(CCCC2)C(=O)N1Cc1ccc(F)cc1)c1cc(C)ccc1C. The summed E-state index contributed by atoms with van der Waals surface area (Å²) in [6, 6.07) is 12.2. The van der Waals surface area contributed by atoms with Crippen molar-refractivity contribution >= 4 is 11.9 Å². The topological polar surface area (TPSA) is 58.6 Å². The fourth-order valence-electron chi connectivity index (χ4n) is 4.93. The number of ether oxygens (including phenoxy) is 1. The van der Waals surface area contributed by atoms with Gasteiger partial charge in [0.15, 0.2) is 0 Å². The zero-order valence-electron chi connectivity index (χ0n) is 19.5. The second-order valence-electron chi connectivity index (χ2n) is 9.03. The van der Waals surface area contributed by atoms with Crippen molar-refractivity contribution in [1.29, 1.82) is 0 Å². The molecule has 2 atom stereocenters. The van der Waals surface area contributed by atoms with E-state index in [-0.39, 0.29) is 36.3 Å². The summed E-state index contributed by atoms with van der Waals surface area (Å²) in [6.07, 6.45) is 3.53. The van der Waals surface area contributed by atoms with Crippen LogP contribution in [0.5, 0.6) is 0 Å². The molecular formula is C27H31FN2O3. The van der Waals surface area contributed by atoms with Crippen LogP contribution in [-0.4, -0.2) is 30.1 Å². The number of carbonyl (C=O) groups excluding carboxylic acids is 2. The third-order valence-corrected chi connectivity index (χ3v) is 6.71. The first-order valence-corrected chi connectivity index (χ1v) is 11.5. The first-order valence-electron chi connectivity index (χ1n) is 11.5. The first kappa shape index (κ1) is 23.2. The van der Waals surface area contributed by atoms with Crippen molar-refractivity contribution in [2.24, 2.45) is 0 Å². The van der Waals surface area contributed by atoms with Crippen LogP contribution in [0.1, 0.15) is 60.4 Å². The van der Waals surface area contributed by atoms with Gasteiger partial charge in [-0.15, -0.1) is 0 Å². The zero-order chi connectivity index (χ0) is 23.5. The van der Waals surface area contributed by atoms with Crippen LogP contribution >= 0.6 is 0 Å². The normalized spacial score (nSPS) is 19.0. The number of methoxy groups -OCH3 is 1. The lowest BCUT2D eigenvalue weighted by Gasteiger charge is -2.33. The minimum atomic E-state index is -0.313. The molecule has 5 nitrogen and oxygen atoms in total. The number of aryl methyl sites for hydroxylation is 2. The number of hydrogen-bond acceptors (Lipinski definition) is 4. The van der Waals surface area contributed by atoms with Gasteiger partial charge in [-0.05, 0) is 73.9 Å². The van der Waals surface area contributed by atoms with E-state index in [0.717, 1.165) is 59.1 Å². The maximum atomic E-state index is 13.4. The van der Waals surface area contributed by atoms with Gasteiger partial charge in [-0.1, -0.05) is 35.9 Å². The van der Waals surface area contributed by atoms with Crippen molar-refractivity contribution in [1.82, 2.24) is 10.2 Å². The van der Waals surface area contributed by atoms with Crippen molar-refractivity contribution < 1.29 is 18.7 Å². The molecule has 33 heavy (non-hydrogen) atoms. The minimum Gasteiger partial charge on any atom is -0.469 e. The Kier molecular flexibility index (Phi) is 6.94. The highest BCUT2D eigenvalue weighted by atomic mass is 19.1. The minimum absolute atomic E-state index is 0.0318. The number of hydrogen-bond donors (Lipinski definition) is 1. The molecule has 0 fully saturated rings. The number of carbonyl (C=O) groups is 2. The molecule has 1 aliphatic carbocycles. The molecule has 1 aliphatic heterocycles. The van der Waals surface area contributed by atoms with E-state index < -0.39 is 0 Å². The highest BCUT2D eigenvalue weighted by molar-refractivity contribution is 5.97. The largest absolute Gasteiger partial charge is 0.469 e. The maximum absolute atomic E-state index is 13.4. The van der Waals surface area contributed by atoms with Crippen LogP contribution in [0, 0.1) is 19.7 Å². The molecule has 1 amide bonds. The second-order valence-corrected chi connectivity index (χ2v) is 9.03.